The van der Waals surface area contributed by atoms with Gasteiger partial charge in [0, 0.05) is 25.2 Å². The summed E-state index contributed by atoms with van der Waals surface area (Å²) in [7, 11) is 0. The van der Waals surface area contributed by atoms with Crippen molar-refractivity contribution in [1.82, 2.24) is 15.2 Å². The average Bonchev–Trinajstić information content (AvgIpc) is 3.08. The third kappa shape index (κ3) is 4.04. The van der Waals surface area contributed by atoms with Gasteiger partial charge in [0.2, 0.25) is 0 Å². The molecule has 0 bridgehead atoms. The molecule has 0 saturated carbocycles. The van der Waals surface area contributed by atoms with Gasteiger partial charge in [0.05, 0.1) is 11.1 Å². The number of nitrogens with zero attached hydrogens (tertiary/aromatic N) is 2. The number of hydrogen-bond acceptors (Lipinski definition) is 4. The van der Waals surface area contributed by atoms with E-state index in [9.17, 15) is 14.9 Å². The first-order chi connectivity index (χ1) is 10.1. The molecule has 2 heterocycles. The largest absolute Gasteiger partial charge is 0.351 e. The Morgan fingerprint density at radius 1 is 1.62 bits per heavy atom. The molecule has 1 amide bonds. The summed E-state index contributed by atoms with van der Waals surface area (Å²) in [6, 6.07) is 1.82. The summed E-state index contributed by atoms with van der Waals surface area (Å²) in [6.07, 6.45) is 5.47. The molecule has 21 heavy (non-hydrogen) atoms. The van der Waals surface area contributed by atoms with Crippen LogP contribution in [0.5, 0.6) is 0 Å². The SMILES string of the molecule is CCCn1cc([N+](=O)[O-])cc1C(=O)NCC[C@@H]1CCCN1. The Hall–Kier alpha value is -1.89. The zero-order valence-electron chi connectivity index (χ0n) is 12.3. The van der Waals surface area contributed by atoms with Crippen LogP contribution in [-0.2, 0) is 6.54 Å². The van der Waals surface area contributed by atoms with Crippen LogP contribution in [0.25, 0.3) is 0 Å². The second-order valence-electron chi connectivity index (χ2n) is 5.37. The van der Waals surface area contributed by atoms with Crippen LogP contribution >= 0.6 is 0 Å². The number of aromatic nitrogens is 1. The Bertz CT molecular complexity index is 506. The quantitative estimate of drug-likeness (QED) is 0.591. The Morgan fingerprint density at radius 2 is 2.43 bits per heavy atom. The molecule has 2 N–H and O–H groups in total. The number of carbonyl (C=O) groups excluding carboxylic acids is 1. The third-order valence-corrected chi connectivity index (χ3v) is 3.73. The summed E-state index contributed by atoms with van der Waals surface area (Å²) >= 11 is 0. The summed E-state index contributed by atoms with van der Waals surface area (Å²) in [6.45, 7) is 4.20. The molecule has 1 saturated heterocycles. The van der Waals surface area contributed by atoms with Gasteiger partial charge in [0.25, 0.3) is 11.6 Å². The van der Waals surface area contributed by atoms with Gasteiger partial charge >= 0.3 is 0 Å². The van der Waals surface area contributed by atoms with E-state index in [0.717, 1.165) is 25.8 Å². The maximum absolute atomic E-state index is 12.2. The van der Waals surface area contributed by atoms with Crippen molar-refractivity contribution in [2.45, 2.75) is 45.2 Å². The number of aryl methyl sites for hydroxylation is 1. The lowest BCUT2D eigenvalue weighted by Gasteiger charge is -2.11. The zero-order chi connectivity index (χ0) is 15.2. The summed E-state index contributed by atoms with van der Waals surface area (Å²) < 4.78 is 1.65. The van der Waals surface area contributed by atoms with Gasteiger partial charge in [-0.3, -0.25) is 14.9 Å². The summed E-state index contributed by atoms with van der Waals surface area (Å²) in [5, 5.41) is 17.1. The smallest absolute Gasteiger partial charge is 0.287 e. The van der Waals surface area contributed by atoms with Crippen molar-refractivity contribution in [3.05, 3.63) is 28.1 Å². The molecule has 1 aromatic heterocycles. The highest BCUT2D eigenvalue weighted by atomic mass is 16.6. The molecule has 0 unspecified atom stereocenters. The molecule has 2 rings (SSSR count). The minimum absolute atomic E-state index is 0.0361. The van der Waals surface area contributed by atoms with Crippen LogP contribution in [0, 0.1) is 10.1 Å². The van der Waals surface area contributed by atoms with E-state index in [4.69, 9.17) is 0 Å². The van der Waals surface area contributed by atoms with Crippen molar-refractivity contribution in [3.63, 3.8) is 0 Å². The third-order valence-electron chi connectivity index (χ3n) is 3.73. The summed E-state index contributed by atoms with van der Waals surface area (Å²) in [5.41, 5.74) is 0.328. The monoisotopic (exact) mass is 294 g/mol. The normalized spacial score (nSPS) is 17.9. The topological polar surface area (TPSA) is 89.2 Å². The second-order valence-corrected chi connectivity index (χ2v) is 5.37. The number of hydrogen-bond donors (Lipinski definition) is 2. The fourth-order valence-corrected chi connectivity index (χ4v) is 2.66. The highest BCUT2D eigenvalue weighted by molar-refractivity contribution is 5.93. The molecule has 1 aromatic rings. The fraction of sp³-hybridized carbons (Fsp3) is 0.643. The first-order valence-corrected chi connectivity index (χ1v) is 7.48. The lowest BCUT2D eigenvalue weighted by Crippen LogP contribution is -2.31. The van der Waals surface area contributed by atoms with E-state index in [-0.39, 0.29) is 11.6 Å². The summed E-state index contributed by atoms with van der Waals surface area (Å²) in [4.78, 5) is 22.5. The van der Waals surface area contributed by atoms with Crippen LogP contribution in [0.4, 0.5) is 5.69 Å². The molecule has 1 aliphatic rings. The maximum atomic E-state index is 12.2. The van der Waals surface area contributed by atoms with E-state index < -0.39 is 4.92 Å². The molecule has 0 spiro atoms. The number of rotatable bonds is 7. The van der Waals surface area contributed by atoms with Crippen molar-refractivity contribution in [2.75, 3.05) is 13.1 Å². The van der Waals surface area contributed by atoms with Crippen LogP contribution in [-0.4, -0.2) is 34.5 Å². The number of nitrogens with one attached hydrogen (secondary N) is 2. The van der Waals surface area contributed by atoms with Gasteiger partial charge in [0.1, 0.15) is 5.69 Å². The number of amides is 1. The van der Waals surface area contributed by atoms with Gasteiger partial charge in [-0.25, -0.2) is 0 Å². The highest BCUT2D eigenvalue weighted by Crippen LogP contribution is 2.17. The van der Waals surface area contributed by atoms with Gasteiger partial charge in [0.15, 0.2) is 0 Å². The molecule has 1 fully saturated rings. The second kappa shape index (κ2) is 7.21. The maximum Gasteiger partial charge on any atom is 0.287 e. The molecule has 1 atom stereocenters. The Morgan fingerprint density at radius 3 is 3.05 bits per heavy atom. The molecular weight excluding hydrogens is 272 g/mol. The van der Waals surface area contributed by atoms with E-state index in [0.29, 0.717) is 24.8 Å². The molecule has 1 aliphatic heterocycles. The predicted molar refractivity (Wildman–Crippen MR) is 79.4 cm³/mol. The lowest BCUT2D eigenvalue weighted by molar-refractivity contribution is -0.384. The average molecular weight is 294 g/mol. The molecule has 7 heteroatoms. The van der Waals surface area contributed by atoms with Crippen LogP contribution < -0.4 is 10.6 Å². The highest BCUT2D eigenvalue weighted by Gasteiger charge is 2.19. The first kappa shape index (κ1) is 15.5. The van der Waals surface area contributed by atoms with Crippen molar-refractivity contribution >= 4 is 11.6 Å². The Labute approximate surface area is 123 Å². The van der Waals surface area contributed by atoms with Crippen LogP contribution in [0.1, 0.15) is 43.1 Å². The number of carbonyl (C=O) groups is 1. The van der Waals surface area contributed by atoms with Crippen molar-refractivity contribution < 1.29 is 9.72 Å². The molecule has 0 aromatic carbocycles. The molecular formula is C14H22N4O3. The van der Waals surface area contributed by atoms with E-state index in [1.165, 1.54) is 18.7 Å². The molecule has 0 radical (unpaired) electrons. The van der Waals surface area contributed by atoms with Crippen LogP contribution in [0.15, 0.2) is 12.3 Å². The Balaban J connectivity index is 1.94. The van der Waals surface area contributed by atoms with Crippen LogP contribution in [0.2, 0.25) is 0 Å². The van der Waals surface area contributed by atoms with Crippen molar-refractivity contribution in [2.24, 2.45) is 0 Å². The van der Waals surface area contributed by atoms with Crippen molar-refractivity contribution in [3.8, 4) is 0 Å². The molecule has 116 valence electrons. The minimum Gasteiger partial charge on any atom is -0.351 e. The van der Waals surface area contributed by atoms with Gasteiger partial charge in [-0.15, -0.1) is 0 Å². The van der Waals surface area contributed by atoms with Gasteiger partial charge in [-0.05, 0) is 32.2 Å². The predicted octanol–water partition coefficient (Wildman–Crippen LogP) is 1.68. The number of nitro groups is 1. The summed E-state index contributed by atoms with van der Waals surface area (Å²) in [5.74, 6) is -0.241. The van der Waals surface area contributed by atoms with E-state index >= 15 is 0 Å². The van der Waals surface area contributed by atoms with Crippen LogP contribution in [0.3, 0.4) is 0 Å². The van der Waals surface area contributed by atoms with Gasteiger partial charge in [-0.1, -0.05) is 6.92 Å². The lowest BCUT2D eigenvalue weighted by atomic mass is 10.1. The van der Waals surface area contributed by atoms with Gasteiger partial charge in [-0.2, -0.15) is 0 Å². The zero-order valence-corrected chi connectivity index (χ0v) is 12.3. The first-order valence-electron chi connectivity index (χ1n) is 7.48. The van der Waals surface area contributed by atoms with E-state index in [1.807, 2.05) is 6.92 Å². The fourth-order valence-electron chi connectivity index (χ4n) is 2.66. The van der Waals surface area contributed by atoms with Crippen molar-refractivity contribution in [1.29, 1.82) is 0 Å². The van der Waals surface area contributed by atoms with Gasteiger partial charge < -0.3 is 15.2 Å². The molecule has 0 aliphatic carbocycles. The van der Waals surface area contributed by atoms with E-state index in [1.54, 1.807) is 4.57 Å². The molecule has 7 nitrogen and oxygen atoms in total. The van der Waals surface area contributed by atoms with E-state index in [2.05, 4.69) is 10.6 Å². The minimum atomic E-state index is -0.467. The Kier molecular flexibility index (Phi) is 5.32. The standard InChI is InChI=1S/C14H22N4O3/c1-2-8-17-10-12(18(20)21)9-13(17)14(19)16-7-5-11-4-3-6-15-11/h9-11,15H,2-8H2,1H3,(H,16,19)/t11-/m0/s1.